The number of thioether (sulfide) groups is 1. The lowest BCUT2D eigenvalue weighted by Crippen LogP contribution is -2.16. The number of anilines is 1. The normalized spacial score (nSPS) is 17.9. The molecule has 0 spiro atoms. The SMILES string of the molecule is Fc1cccc2c1SCCC2Nc1cccc(Cl)c1. The molecule has 0 amide bonds. The summed E-state index contributed by atoms with van der Waals surface area (Å²) in [6.07, 6.45) is 0.980. The van der Waals surface area contributed by atoms with Crippen molar-refractivity contribution in [2.24, 2.45) is 0 Å². The first kappa shape index (κ1) is 12.8. The molecule has 4 heteroatoms. The van der Waals surface area contributed by atoms with Crippen molar-refractivity contribution in [2.75, 3.05) is 11.1 Å². The van der Waals surface area contributed by atoms with E-state index in [4.69, 9.17) is 11.6 Å². The summed E-state index contributed by atoms with van der Waals surface area (Å²) in [7, 11) is 0. The molecule has 0 saturated carbocycles. The number of halogens is 2. The second kappa shape index (κ2) is 5.43. The Bertz CT molecular complexity index is 602. The minimum Gasteiger partial charge on any atom is -0.378 e. The highest BCUT2D eigenvalue weighted by Gasteiger charge is 2.22. The zero-order valence-electron chi connectivity index (χ0n) is 10.2. The van der Waals surface area contributed by atoms with E-state index in [-0.39, 0.29) is 11.9 Å². The molecule has 0 radical (unpaired) electrons. The maximum atomic E-state index is 13.8. The maximum Gasteiger partial charge on any atom is 0.137 e. The smallest absolute Gasteiger partial charge is 0.137 e. The predicted molar refractivity (Wildman–Crippen MR) is 79.6 cm³/mol. The molecule has 2 aromatic rings. The van der Waals surface area contributed by atoms with Crippen LogP contribution in [0.1, 0.15) is 18.0 Å². The second-order valence-corrected chi connectivity index (χ2v) is 6.04. The number of nitrogens with one attached hydrogen (secondary N) is 1. The van der Waals surface area contributed by atoms with Gasteiger partial charge in [0.2, 0.25) is 0 Å². The largest absolute Gasteiger partial charge is 0.378 e. The molecule has 1 atom stereocenters. The molecule has 0 bridgehead atoms. The van der Waals surface area contributed by atoms with E-state index < -0.39 is 0 Å². The van der Waals surface area contributed by atoms with Gasteiger partial charge in [-0.05, 0) is 36.2 Å². The van der Waals surface area contributed by atoms with Crippen LogP contribution in [0.2, 0.25) is 5.02 Å². The third-order valence-corrected chi connectivity index (χ3v) is 4.59. The van der Waals surface area contributed by atoms with E-state index in [0.29, 0.717) is 5.02 Å². The Kier molecular flexibility index (Phi) is 3.67. The Hall–Kier alpha value is -1.19. The van der Waals surface area contributed by atoms with E-state index in [0.717, 1.165) is 28.3 Å². The minimum absolute atomic E-state index is 0.125. The van der Waals surface area contributed by atoms with E-state index in [1.54, 1.807) is 17.8 Å². The first-order valence-corrected chi connectivity index (χ1v) is 7.54. The van der Waals surface area contributed by atoms with Gasteiger partial charge in [-0.15, -0.1) is 11.8 Å². The number of fused-ring (bicyclic) bond motifs is 1. The van der Waals surface area contributed by atoms with Gasteiger partial charge in [0.25, 0.3) is 0 Å². The van der Waals surface area contributed by atoms with Gasteiger partial charge >= 0.3 is 0 Å². The van der Waals surface area contributed by atoms with Gasteiger partial charge in [0.15, 0.2) is 0 Å². The second-order valence-electron chi connectivity index (χ2n) is 4.50. The van der Waals surface area contributed by atoms with Crippen molar-refractivity contribution in [3.8, 4) is 0 Å². The quantitative estimate of drug-likeness (QED) is 0.824. The zero-order valence-corrected chi connectivity index (χ0v) is 11.8. The number of benzene rings is 2. The van der Waals surface area contributed by atoms with Crippen LogP contribution >= 0.6 is 23.4 Å². The van der Waals surface area contributed by atoms with E-state index in [1.807, 2.05) is 30.3 Å². The van der Waals surface area contributed by atoms with Crippen LogP contribution in [0.25, 0.3) is 0 Å². The van der Waals surface area contributed by atoms with E-state index in [9.17, 15) is 4.39 Å². The summed E-state index contributed by atoms with van der Waals surface area (Å²) in [6, 6.07) is 13.1. The van der Waals surface area contributed by atoms with Crippen LogP contribution in [-0.4, -0.2) is 5.75 Å². The van der Waals surface area contributed by atoms with Crippen molar-refractivity contribution in [1.29, 1.82) is 0 Å². The summed E-state index contributed by atoms with van der Waals surface area (Å²) < 4.78 is 13.8. The standard InChI is InChI=1S/C15H13ClFNS/c16-10-3-1-4-11(9-10)18-14-7-8-19-15-12(14)5-2-6-13(15)17/h1-6,9,14,18H,7-8H2. The lowest BCUT2D eigenvalue weighted by atomic mass is 10.0. The van der Waals surface area contributed by atoms with Gasteiger partial charge in [0.1, 0.15) is 5.82 Å². The minimum atomic E-state index is -0.125. The maximum absolute atomic E-state index is 13.8. The van der Waals surface area contributed by atoms with Crippen LogP contribution in [0.5, 0.6) is 0 Å². The summed E-state index contributed by atoms with van der Waals surface area (Å²) in [5, 5.41) is 4.14. The van der Waals surface area contributed by atoms with Crippen molar-refractivity contribution in [3.05, 3.63) is 58.9 Å². The Morgan fingerprint density at radius 3 is 2.89 bits per heavy atom. The Morgan fingerprint density at radius 2 is 2.05 bits per heavy atom. The third-order valence-electron chi connectivity index (χ3n) is 3.19. The van der Waals surface area contributed by atoms with Crippen LogP contribution in [0.3, 0.4) is 0 Å². The van der Waals surface area contributed by atoms with Gasteiger partial charge in [0.05, 0.1) is 6.04 Å². The molecule has 3 rings (SSSR count). The van der Waals surface area contributed by atoms with Crippen molar-refractivity contribution in [1.82, 2.24) is 0 Å². The summed E-state index contributed by atoms with van der Waals surface area (Å²) in [5.74, 6) is 0.798. The van der Waals surface area contributed by atoms with Gasteiger partial charge in [0, 0.05) is 21.4 Å². The van der Waals surface area contributed by atoms with Crippen LogP contribution in [0, 0.1) is 5.82 Å². The van der Waals surface area contributed by atoms with E-state index in [1.165, 1.54) is 6.07 Å². The highest BCUT2D eigenvalue weighted by atomic mass is 35.5. The third kappa shape index (κ3) is 2.72. The lowest BCUT2D eigenvalue weighted by Gasteiger charge is -2.27. The molecule has 1 aliphatic rings. The molecule has 1 heterocycles. The first-order valence-electron chi connectivity index (χ1n) is 6.17. The van der Waals surface area contributed by atoms with Crippen molar-refractivity contribution < 1.29 is 4.39 Å². The molecule has 0 saturated heterocycles. The highest BCUT2D eigenvalue weighted by Crippen LogP contribution is 2.39. The molecule has 1 nitrogen and oxygen atoms in total. The lowest BCUT2D eigenvalue weighted by molar-refractivity contribution is 0.585. The molecule has 1 N–H and O–H groups in total. The van der Waals surface area contributed by atoms with Crippen LogP contribution < -0.4 is 5.32 Å². The van der Waals surface area contributed by atoms with Gasteiger partial charge in [-0.1, -0.05) is 29.8 Å². The molecule has 1 unspecified atom stereocenters. The van der Waals surface area contributed by atoms with Gasteiger partial charge in [-0.2, -0.15) is 0 Å². The number of rotatable bonds is 2. The molecule has 0 aliphatic carbocycles. The summed E-state index contributed by atoms with van der Waals surface area (Å²) in [6.45, 7) is 0. The molecule has 0 aromatic heterocycles. The van der Waals surface area contributed by atoms with Crippen LogP contribution in [0.4, 0.5) is 10.1 Å². The van der Waals surface area contributed by atoms with E-state index >= 15 is 0 Å². The van der Waals surface area contributed by atoms with Gasteiger partial charge in [-0.3, -0.25) is 0 Å². The van der Waals surface area contributed by atoms with E-state index in [2.05, 4.69) is 5.32 Å². The summed E-state index contributed by atoms with van der Waals surface area (Å²) >= 11 is 7.58. The van der Waals surface area contributed by atoms with Crippen molar-refractivity contribution in [3.63, 3.8) is 0 Å². The van der Waals surface area contributed by atoms with Crippen molar-refractivity contribution >= 4 is 29.1 Å². The highest BCUT2D eigenvalue weighted by molar-refractivity contribution is 7.99. The molecule has 1 aliphatic heterocycles. The van der Waals surface area contributed by atoms with Gasteiger partial charge < -0.3 is 5.32 Å². The monoisotopic (exact) mass is 293 g/mol. The average Bonchev–Trinajstić information content (AvgIpc) is 2.40. The topological polar surface area (TPSA) is 12.0 Å². The van der Waals surface area contributed by atoms with Crippen LogP contribution in [0.15, 0.2) is 47.4 Å². The average molecular weight is 294 g/mol. The number of hydrogen-bond acceptors (Lipinski definition) is 2. The molecule has 98 valence electrons. The molecule has 19 heavy (non-hydrogen) atoms. The Balaban J connectivity index is 1.90. The first-order chi connectivity index (χ1) is 9.24. The fourth-order valence-corrected chi connectivity index (χ4v) is 3.65. The molecular formula is C15H13ClFNS. The number of hydrogen-bond donors (Lipinski definition) is 1. The van der Waals surface area contributed by atoms with Crippen LogP contribution in [-0.2, 0) is 0 Å². The Labute approximate surface area is 121 Å². The summed E-state index contributed by atoms with van der Waals surface area (Å²) in [4.78, 5) is 0.772. The zero-order chi connectivity index (χ0) is 13.2. The summed E-state index contributed by atoms with van der Waals surface area (Å²) in [5.41, 5.74) is 2.01. The van der Waals surface area contributed by atoms with Crippen molar-refractivity contribution in [2.45, 2.75) is 17.4 Å². The molecular weight excluding hydrogens is 281 g/mol. The fourth-order valence-electron chi connectivity index (χ4n) is 2.32. The fraction of sp³-hybridized carbons (Fsp3) is 0.200. The Morgan fingerprint density at radius 1 is 1.21 bits per heavy atom. The van der Waals surface area contributed by atoms with Gasteiger partial charge in [-0.25, -0.2) is 4.39 Å². The predicted octanol–water partition coefficient (Wildman–Crippen LogP) is 5.13. The molecule has 0 fully saturated rings. The molecule has 2 aromatic carbocycles.